The fourth-order valence-electron chi connectivity index (χ4n) is 0.739. The minimum absolute atomic E-state index is 0.0366. The summed E-state index contributed by atoms with van der Waals surface area (Å²) in [4.78, 5) is 19.5. The third-order valence-corrected chi connectivity index (χ3v) is 1.70. The van der Waals surface area contributed by atoms with Gasteiger partial charge in [-0.15, -0.1) is 0 Å². The van der Waals surface area contributed by atoms with Crippen LogP contribution in [0.25, 0.3) is 0 Å². The fourth-order valence-corrected chi connectivity index (χ4v) is 0.739. The third-order valence-electron chi connectivity index (χ3n) is 1.70. The molecule has 0 spiro atoms. The second-order valence-electron chi connectivity index (χ2n) is 3.54. The van der Waals surface area contributed by atoms with Gasteiger partial charge in [-0.2, -0.15) is 0 Å². The molecule has 0 bridgehead atoms. The highest BCUT2D eigenvalue weighted by atomic mass is 16.9. The maximum atomic E-state index is 9.45. The second-order valence-corrected chi connectivity index (χ2v) is 3.54. The van der Waals surface area contributed by atoms with Gasteiger partial charge in [0.2, 0.25) is 0 Å². The lowest BCUT2D eigenvalue weighted by atomic mass is 10.3. The van der Waals surface area contributed by atoms with E-state index in [9.17, 15) is 4.79 Å². The summed E-state index contributed by atoms with van der Waals surface area (Å²) in [6.07, 6.45) is 0.767. The van der Waals surface area contributed by atoms with Crippen molar-refractivity contribution in [2.75, 3.05) is 33.0 Å². The Labute approximate surface area is 113 Å². The number of carboxylic acids is 1. The quantitative estimate of drug-likeness (QED) is 0.392. The number of hydrogen-bond acceptors (Lipinski definition) is 7. The van der Waals surface area contributed by atoms with E-state index >= 15 is 0 Å². The van der Waals surface area contributed by atoms with Crippen LogP contribution in [-0.2, 0) is 14.5 Å². The summed E-state index contributed by atoms with van der Waals surface area (Å²) in [5.74, 6) is -1.19. The lowest BCUT2D eigenvalue weighted by molar-refractivity contribution is -0.371. The Balaban J connectivity index is 0. The zero-order valence-corrected chi connectivity index (χ0v) is 11.5. The molecule has 0 saturated heterocycles. The topological polar surface area (TPSA) is 120 Å². The number of carboxylic acid groups (broad SMARTS) is 1. The van der Waals surface area contributed by atoms with Gasteiger partial charge < -0.3 is 20.4 Å². The smallest absolute Gasteiger partial charge is 0.332 e. The van der Waals surface area contributed by atoms with Gasteiger partial charge in [-0.3, -0.25) is 9.68 Å². The van der Waals surface area contributed by atoms with Crippen LogP contribution in [0.2, 0.25) is 0 Å². The number of aliphatic hydroxyl groups is 3. The van der Waals surface area contributed by atoms with Crippen LogP contribution in [0.1, 0.15) is 26.7 Å². The molecular weight excluding hydrogens is 258 g/mol. The summed E-state index contributed by atoms with van der Waals surface area (Å²) < 4.78 is 0. The molecule has 0 radical (unpaired) electrons. The number of aliphatic hydroxyl groups excluding tert-OH is 3. The molecule has 0 aromatic carbocycles. The summed E-state index contributed by atoms with van der Waals surface area (Å²) >= 11 is 0. The lowest BCUT2D eigenvalue weighted by Gasteiger charge is -2.19. The van der Waals surface area contributed by atoms with Gasteiger partial charge in [0.25, 0.3) is 0 Å². The first-order valence-electron chi connectivity index (χ1n) is 6.15. The largest absolute Gasteiger partial charge is 0.479 e. The first kappa shape index (κ1) is 20.5. The van der Waals surface area contributed by atoms with Crippen molar-refractivity contribution in [2.24, 2.45) is 0 Å². The number of hydroxylamine groups is 2. The Morgan fingerprint density at radius 2 is 1.63 bits per heavy atom. The van der Waals surface area contributed by atoms with Crippen LogP contribution < -0.4 is 0 Å². The molecule has 0 amide bonds. The Morgan fingerprint density at radius 1 is 1.21 bits per heavy atom. The van der Waals surface area contributed by atoms with Crippen molar-refractivity contribution in [3.8, 4) is 0 Å². The molecule has 0 heterocycles. The molecule has 116 valence electrons. The van der Waals surface area contributed by atoms with Gasteiger partial charge in [-0.25, -0.2) is 4.79 Å². The van der Waals surface area contributed by atoms with Crippen LogP contribution in [-0.4, -0.2) is 70.7 Å². The maximum Gasteiger partial charge on any atom is 0.332 e. The van der Waals surface area contributed by atoms with Gasteiger partial charge in [0, 0.05) is 0 Å². The molecule has 0 saturated carbocycles. The highest BCUT2D eigenvalue weighted by Gasteiger charge is 2.04. The summed E-state index contributed by atoms with van der Waals surface area (Å²) in [6, 6.07) is 0. The molecule has 0 aliphatic heterocycles. The van der Waals surface area contributed by atoms with E-state index in [4.69, 9.17) is 30.1 Å². The van der Waals surface area contributed by atoms with E-state index in [2.05, 4.69) is 6.92 Å². The number of unbranched alkanes of at least 4 members (excludes halogenated alkanes) is 1. The number of nitrogens with zero attached hydrogens (tertiary/aromatic N) is 1. The summed E-state index contributed by atoms with van der Waals surface area (Å²) in [7, 11) is 0. The van der Waals surface area contributed by atoms with Crippen LogP contribution in [0.5, 0.6) is 0 Å². The lowest BCUT2D eigenvalue weighted by Crippen LogP contribution is -2.28. The van der Waals surface area contributed by atoms with E-state index in [0.717, 1.165) is 12.8 Å². The molecule has 0 rings (SSSR count). The van der Waals surface area contributed by atoms with Gasteiger partial charge in [0.1, 0.15) is 6.10 Å². The Morgan fingerprint density at radius 3 is 1.89 bits per heavy atom. The number of aliphatic carboxylic acids is 1. The number of rotatable bonds is 10. The fraction of sp³-hybridized carbons (Fsp3) is 0.909. The van der Waals surface area contributed by atoms with Gasteiger partial charge in [0.05, 0.1) is 33.0 Å². The minimum atomic E-state index is -1.23. The first-order chi connectivity index (χ1) is 8.99. The standard InChI is InChI=1S/C8H19NO4.C3H6O3/c1-2-3-4-9(12-7-5-10)13-8-6-11;1-2(4)3(5)6/h10-11H,2-8H2,1H3;2,4H,1H3,(H,5,6). The van der Waals surface area contributed by atoms with E-state index < -0.39 is 12.1 Å². The molecule has 0 aromatic heterocycles. The van der Waals surface area contributed by atoms with Crippen LogP contribution >= 0.6 is 0 Å². The molecule has 19 heavy (non-hydrogen) atoms. The van der Waals surface area contributed by atoms with E-state index in [-0.39, 0.29) is 26.4 Å². The van der Waals surface area contributed by atoms with Crippen LogP contribution in [0, 0.1) is 0 Å². The van der Waals surface area contributed by atoms with Gasteiger partial charge in [-0.05, 0) is 13.3 Å². The molecule has 0 aliphatic rings. The van der Waals surface area contributed by atoms with Crippen LogP contribution in [0.15, 0.2) is 0 Å². The molecule has 0 fully saturated rings. The zero-order chi connectivity index (χ0) is 15.1. The normalized spacial score (nSPS) is 11.9. The second kappa shape index (κ2) is 15.3. The predicted molar refractivity (Wildman–Crippen MR) is 67.0 cm³/mol. The van der Waals surface area contributed by atoms with Gasteiger partial charge >= 0.3 is 5.97 Å². The van der Waals surface area contributed by atoms with E-state index in [0.29, 0.717) is 6.54 Å². The van der Waals surface area contributed by atoms with Crippen molar-refractivity contribution in [1.29, 1.82) is 0 Å². The van der Waals surface area contributed by atoms with E-state index in [1.54, 1.807) is 0 Å². The minimum Gasteiger partial charge on any atom is -0.479 e. The Kier molecular flexibility index (Phi) is 16.5. The third kappa shape index (κ3) is 17.2. The van der Waals surface area contributed by atoms with Crippen molar-refractivity contribution in [1.82, 2.24) is 5.23 Å². The average Bonchev–Trinajstić information content (AvgIpc) is 2.38. The molecule has 0 aliphatic carbocycles. The van der Waals surface area contributed by atoms with Gasteiger partial charge in [-0.1, -0.05) is 18.6 Å². The molecule has 1 unspecified atom stereocenters. The summed E-state index contributed by atoms with van der Waals surface area (Å²) in [5, 5.41) is 34.1. The first-order valence-corrected chi connectivity index (χ1v) is 6.15. The van der Waals surface area contributed by atoms with Crippen molar-refractivity contribution in [2.45, 2.75) is 32.8 Å². The highest BCUT2D eigenvalue weighted by molar-refractivity contribution is 5.71. The Bertz CT molecular complexity index is 182. The molecule has 0 aromatic rings. The van der Waals surface area contributed by atoms with E-state index in [1.807, 2.05) is 0 Å². The van der Waals surface area contributed by atoms with Crippen LogP contribution in [0.3, 0.4) is 0 Å². The monoisotopic (exact) mass is 283 g/mol. The molecule has 4 N–H and O–H groups in total. The SMILES string of the molecule is CC(O)C(=O)O.CCCCN(OCCO)OCCO. The molecule has 8 nitrogen and oxygen atoms in total. The summed E-state index contributed by atoms with van der Waals surface area (Å²) in [6.45, 7) is 4.27. The van der Waals surface area contributed by atoms with E-state index in [1.165, 1.54) is 12.2 Å². The van der Waals surface area contributed by atoms with Gasteiger partial charge in [0.15, 0.2) is 0 Å². The summed E-state index contributed by atoms with van der Waals surface area (Å²) in [5.41, 5.74) is 0. The predicted octanol–water partition coefficient (Wildman–Crippen LogP) is -0.612. The van der Waals surface area contributed by atoms with Crippen molar-refractivity contribution < 1.29 is 34.9 Å². The highest BCUT2D eigenvalue weighted by Crippen LogP contribution is 1.97. The van der Waals surface area contributed by atoms with Crippen molar-refractivity contribution >= 4 is 5.97 Å². The Hall–Kier alpha value is -0.770. The van der Waals surface area contributed by atoms with Crippen molar-refractivity contribution in [3.63, 3.8) is 0 Å². The zero-order valence-electron chi connectivity index (χ0n) is 11.5. The maximum absolute atomic E-state index is 9.45. The molecule has 1 atom stereocenters. The molecule has 8 heteroatoms. The molecular formula is C11H25NO7. The van der Waals surface area contributed by atoms with Crippen molar-refractivity contribution in [3.05, 3.63) is 0 Å². The number of carbonyl (C=O) groups is 1. The number of hydrogen-bond donors (Lipinski definition) is 4. The average molecular weight is 283 g/mol. The van der Waals surface area contributed by atoms with Crippen LogP contribution in [0.4, 0.5) is 0 Å².